The summed E-state index contributed by atoms with van der Waals surface area (Å²) in [5.74, 6) is 0.775. The topological polar surface area (TPSA) is 78.3 Å². The number of aryl methyl sites for hydroxylation is 1. The lowest BCUT2D eigenvalue weighted by Gasteiger charge is -2.07. The molecule has 1 amide bonds. The van der Waals surface area contributed by atoms with Crippen molar-refractivity contribution in [3.05, 3.63) is 71.4 Å². The van der Waals surface area contributed by atoms with Gasteiger partial charge in [0.25, 0.3) is 0 Å². The van der Waals surface area contributed by atoms with Gasteiger partial charge in [0.1, 0.15) is 12.4 Å². The number of nitrogens with two attached hydrogens (primary N) is 1. The van der Waals surface area contributed by atoms with Crippen LogP contribution in [-0.4, -0.2) is 11.1 Å². The van der Waals surface area contributed by atoms with Crippen LogP contribution in [0.3, 0.4) is 0 Å². The number of hydrogen-bond acceptors (Lipinski definition) is 4. The van der Waals surface area contributed by atoms with Crippen LogP contribution in [0.1, 0.15) is 21.6 Å². The van der Waals surface area contributed by atoms with Gasteiger partial charge in [-0.15, -0.1) is 0 Å². The van der Waals surface area contributed by atoms with Crippen LogP contribution in [0, 0.1) is 6.92 Å². The van der Waals surface area contributed by atoms with Crippen LogP contribution in [-0.2, 0) is 6.61 Å². The summed E-state index contributed by atoms with van der Waals surface area (Å²) < 4.78 is 11.2. The zero-order chi connectivity index (χ0) is 16.2. The van der Waals surface area contributed by atoms with E-state index in [1.54, 1.807) is 24.3 Å². The highest BCUT2D eigenvalue weighted by molar-refractivity contribution is 5.93. The van der Waals surface area contributed by atoms with Gasteiger partial charge >= 0.3 is 0 Å². The predicted octanol–water partition coefficient (Wildman–Crippen LogP) is 3.33. The Morgan fingerprint density at radius 3 is 2.70 bits per heavy atom. The van der Waals surface area contributed by atoms with Crippen molar-refractivity contribution in [1.29, 1.82) is 0 Å². The van der Waals surface area contributed by atoms with Gasteiger partial charge in [0.05, 0.1) is 11.3 Å². The molecular formula is C18H16N2O3. The summed E-state index contributed by atoms with van der Waals surface area (Å²) in [6.07, 6.45) is 0. The summed E-state index contributed by atoms with van der Waals surface area (Å²) in [4.78, 5) is 11.2. The van der Waals surface area contributed by atoms with E-state index in [9.17, 15) is 4.79 Å². The number of ether oxygens (including phenoxy) is 1. The minimum Gasteiger partial charge on any atom is -0.489 e. The number of primary amides is 1. The lowest BCUT2D eigenvalue weighted by atomic mass is 10.1. The fourth-order valence-electron chi connectivity index (χ4n) is 2.27. The normalized spacial score (nSPS) is 10.5. The third-order valence-corrected chi connectivity index (χ3v) is 3.52. The second-order valence-corrected chi connectivity index (χ2v) is 5.12. The molecule has 0 saturated carbocycles. The molecule has 0 aliphatic heterocycles. The molecule has 0 saturated heterocycles. The number of carbonyl (C=O) groups excluding carboxylic acids is 1. The maximum absolute atomic E-state index is 11.2. The molecule has 3 aromatic rings. The maximum Gasteiger partial charge on any atom is 0.248 e. The highest BCUT2D eigenvalue weighted by Crippen LogP contribution is 2.27. The largest absolute Gasteiger partial charge is 0.489 e. The van der Waals surface area contributed by atoms with Crippen molar-refractivity contribution < 1.29 is 14.1 Å². The number of benzene rings is 2. The van der Waals surface area contributed by atoms with Crippen molar-refractivity contribution in [2.24, 2.45) is 5.73 Å². The van der Waals surface area contributed by atoms with E-state index in [0.717, 1.165) is 16.8 Å². The second kappa shape index (κ2) is 6.36. The first-order valence-electron chi connectivity index (χ1n) is 7.18. The molecule has 0 atom stereocenters. The first kappa shape index (κ1) is 14.8. The standard InChI is InChI=1S/C18H16N2O3/c1-12-16(17(23-20-12)13-6-3-2-4-7-13)11-22-15-9-5-8-14(10-15)18(19)21/h2-10H,11H2,1H3,(H2,19,21). The zero-order valence-electron chi connectivity index (χ0n) is 12.7. The van der Waals surface area contributed by atoms with Crippen LogP contribution in [0.2, 0.25) is 0 Å². The fourth-order valence-corrected chi connectivity index (χ4v) is 2.27. The van der Waals surface area contributed by atoms with E-state index in [2.05, 4.69) is 5.16 Å². The number of hydrogen-bond donors (Lipinski definition) is 1. The van der Waals surface area contributed by atoms with E-state index in [0.29, 0.717) is 23.7 Å². The second-order valence-electron chi connectivity index (χ2n) is 5.12. The third-order valence-electron chi connectivity index (χ3n) is 3.52. The van der Waals surface area contributed by atoms with Gasteiger partial charge in [0.2, 0.25) is 5.91 Å². The van der Waals surface area contributed by atoms with E-state index in [-0.39, 0.29) is 0 Å². The first-order chi connectivity index (χ1) is 11.1. The Hall–Kier alpha value is -3.08. The highest BCUT2D eigenvalue weighted by Gasteiger charge is 2.15. The van der Waals surface area contributed by atoms with E-state index < -0.39 is 5.91 Å². The number of carbonyl (C=O) groups is 1. The van der Waals surface area contributed by atoms with Gasteiger partial charge in [0, 0.05) is 11.1 Å². The van der Waals surface area contributed by atoms with Crippen molar-refractivity contribution in [3.8, 4) is 17.1 Å². The summed E-state index contributed by atoms with van der Waals surface area (Å²) in [7, 11) is 0. The van der Waals surface area contributed by atoms with Crippen LogP contribution in [0.4, 0.5) is 0 Å². The molecule has 5 heteroatoms. The molecule has 3 rings (SSSR count). The minimum absolute atomic E-state index is 0.293. The molecule has 0 fully saturated rings. The van der Waals surface area contributed by atoms with Gasteiger partial charge < -0.3 is 15.0 Å². The summed E-state index contributed by atoms with van der Waals surface area (Å²) >= 11 is 0. The average molecular weight is 308 g/mol. The Morgan fingerprint density at radius 2 is 1.96 bits per heavy atom. The fraction of sp³-hybridized carbons (Fsp3) is 0.111. The molecule has 2 N–H and O–H groups in total. The van der Waals surface area contributed by atoms with Gasteiger partial charge in [-0.3, -0.25) is 4.79 Å². The van der Waals surface area contributed by atoms with Crippen LogP contribution < -0.4 is 10.5 Å². The number of rotatable bonds is 5. The number of nitrogens with zero attached hydrogens (tertiary/aromatic N) is 1. The summed E-state index contributed by atoms with van der Waals surface area (Å²) in [6, 6.07) is 16.5. The van der Waals surface area contributed by atoms with Crippen molar-refractivity contribution in [2.75, 3.05) is 0 Å². The molecule has 0 aliphatic carbocycles. The molecular weight excluding hydrogens is 292 g/mol. The molecule has 2 aromatic carbocycles. The number of aromatic nitrogens is 1. The van der Waals surface area contributed by atoms with Crippen LogP contribution in [0.15, 0.2) is 59.1 Å². The Balaban J connectivity index is 1.83. The van der Waals surface area contributed by atoms with Crippen molar-refractivity contribution in [3.63, 3.8) is 0 Å². The third kappa shape index (κ3) is 3.23. The molecule has 0 bridgehead atoms. The summed E-state index contributed by atoms with van der Waals surface area (Å²) in [5, 5.41) is 4.02. The molecule has 0 spiro atoms. The summed E-state index contributed by atoms with van der Waals surface area (Å²) in [6.45, 7) is 2.16. The molecule has 0 aliphatic rings. The van der Waals surface area contributed by atoms with Crippen LogP contribution in [0.5, 0.6) is 5.75 Å². The lowest BCUT2D eigenvalue weighted by Crippen LogP contribution is -2.10. The van der Waals surface area contributed by atoms with Gasteiger partial charge in [-0.25, -0.2) is 0 Å². The maximum atomic E-state index is 11.2. The van der Waals surface area contributed by atoms with E-state index in [1.165, 1.54) is 0 Å². The first-order valence-corrected chi connectivity index (χ1v) is 7.18. The zero-order valence-corrected chi connectivity index (χ0v) is 12.7. The molecule has 1 heterocycles. The minimum atomic E-state index is -0.485. The molecule has 0 unspecified atom stereocenters. The Kier molecular flexibility index (Phi) is 4.10. The van der Waals surface area contributed by atoms with Gasteiger partial charge in [-0.1, -0.05) is 41.6 Å². The summed E-state index contributed by atoms with van der Waals surface area (Å²) in [5.41, 5.74) is 8.28. The van der Waals surface area contributed by atoms with Gasteiger partial charge in [0.15, 0.2) is 5.76 Å². The van der Waals surface area contributed by atoms with Gasteiger partial charge in [-0.2, -0.15) is 0 Å². The smallest absolute Gasteiger partial charge is 0.248 e. The quantitative estimate of drug-likeness (QED) is 0.784. The van der Waals surface area contributed by atoms with E-state index >= 15 is 0 Å². The highest BCUT2D eigenvalue weighted by atomic mass is 16.5. The van der Waals surface area contributed by atoms with Crippen molar-refractivity contribution in [2.45, 2.75) is 13.5 Å². The Labute approximate surface area is 133 Å². The molecule has 1 aromatic heterocycles. The SMILES string of the molecule is Cc1noc(-c2ccccc2)c1COc1cccc(C(N)=O)c1. The molecule has 23 heavy (non-hydrogen) atoms. The Bertz CT molecular complexity index is 825. The van der Waals surface area contributed by atoms with Crippen LogP contribution in [0.25, 0.3) is 11.3 Å². The molecule has 0 radical (unpaired) electrons. The van der Waals surface area contributed by atoms with Crippen molar-refractivity contribution >= 4 is 5.91 Å². The van der Waals surface area contributed by atoms with Crippen LogP contribution >= 0.6 is 0 Å². The lowest BCUT2D eigenvalue weighted by molar-refractivity contribution is 0.1000. The van der Waals surface area contributed by atoms with E-state index in [1.807, 2.05) is 37.3 Å². The number of amides is 1. The molecule has 116 valence electrons. The van der Waals surface area contributed by atoms with E-state index in [4.69, 9.17) is 15.0 Å². The Morgan fingerprint density at radius 1 is 1.17 bits per heavy atom. The monoisotopic (exact) mass is 308 g/mol. The predicted molar refractivity (Wildman–Crippen MR) is 86.0 cm³/mol. The van der Waals surface area contributed by atoms with Gasteiger partial charge in [-0.05, 0) is 25.1 Å². The van der Waals surface area contributed by atoms with Crippen molar-refractivity contribution in [1.82, 2.24) is 5.16 Å². The average Bonchev–Trinajstić information content (AvgIpc) is 2.95. The molecule has 5 nitrogen and oxygen atoms in total.